The molecule has 130 valence electrons. The minimum Gasteiger partial charge on any atom is -0.478 e. The Bertz CT molecular complexity index is 806. The van der Waals surface area contributed by atoms with Crippen LogP contribution >= 0.6 is 23.2 Å². The molecule has 0 radical (unpaired) electrons. The van der Waals surface area contributed by atoms with Gasteiger partial charge in [-0.1, -0.05) is 29.3 Å². The summed E-state index contributed by atoms with van der Waals surface area (Å²) in [5.74, 6) is 2.20. The van der Waals surface area contributed by atoms with Crippen LogP contribution in [-0.4, -0.2) is 18.1 Å². The molecule has 3 rings (SSSR count). The third-order valence-electron chi connectivity index (χ3n) is 3.54. The summed E-state index contributed by atoms with van der Waals surface area (Å²) in [5, 5.41) is 4.57. The number of furan rings is 1. The van der Waals surface area contributed by atoms with E-state index in [0.29, 0.717) is 34.8 Å². The van der Waals surface area contributed by atoms with Gasteiger partial charge in [-0.2, -0.15) is 0 Å². The Morgan fingerprint density at radius 1 is 1.08 bits per heavy atom. The zero-order chi connectivity index (χ0) is 17.5. The van der Waals surface area contributed by atoms with Gasteiger partial charge in [-0.25, -0.2) is 4.98 Å². The number of hydrogen-bond acceptors (Lipinski definition) is 4. The number of hydrogen-bond donors (Lipinski definition) is 1. The smallest absolute Gasteiger partial charge is 0.213 e. The van der Waals surface area contributed by atoms with Crippen molar-refractivity contribution in [3.8, 4) is 17.2 Å². The summed E-state index contributed by atoms with van der Waals surface area (Å²) in [6.45, 7) is 2.08. The highest BCUT2D eigenvalue weighted by atomic mass is 35.5. The maximum absolute atomic E-state index is 6.20. The minimum atomic E-state index is 0.616. The maximum Gasteiger partial charge on any atom is 0.213 e. The predicted octanol–water partition coefficient (Wildman–Crippen LogP) is 5.21. The highest BCUT2D eigenvalue weighted by molar-refractivity contribution is 6.35. The van der Waals surface area contributed by atoms with Crippen molar-refractivity contribution in [2.45, 2.75) is 13.0 Å². The van der Waals surface area contributed by atoms with Crippen molar-refractivity contribution in [2.75, 3.05) is 13.2 Å². The van der Waals surface area contributed by atoms with Gasteiger partial charge in [0, 0.05) is 22.8 Å². The predicted molar refractivity (Wildman–Crippen MR) is 100 cm³/mol. The molecular formula is C19H18Cl2N2O2. The van der Waals surface area contributed by atoms with Crippen LogP contribution in [0.1, 0.15) is 12.2 Å². The fraction of sp³-hybridized carbons (Fsp3) is 0.211. The number of halogens is 2. The van der Waals surface area contributed by atoms with Crippen molar-refractivity contribution < 1.29 is 9.15 Å². The average Bonchev–Trinajstić information content (AvgIpc) is 3.09. The van der Waals surface area contributed by atoms with Gasteiger partial charge in [0.15, 0.2) is 0 Å². The summed E-state index contributed by atoms with van der Waals surface area (Å²) in [6.07, 6.45) is 2.60. The van der Waals surface area contributed by atoms with Crippen molar-refractivity contribution >= 4 is 23.2 Å². The third-order valence-corrected chi connectivity index (χ3v) is 4.11. The van der Waals surface area contributed by atoms with E-state index in [4.69, 9.17) is 32.4 Å². The van der Waals surface area contributed by atoms with Gasteiger partial charge in [0.05, 0.1) is 18.2 Å². The first kappa shape index (κ1) is 17.8. The molecule has 6 heteroatoms. The monoisotopic (exact) mass is 376 g/mol. The Kier molecular flexibility index (Phi) is 6.34. The number of benzene rings is 1. The van der Waals surface area contributed by atoms with Gasteiger partial charge in [-0.05, 0) is 49.4 Å². The molecule has 0 aliphatic rings. The lowest BCUT2D eigenvalue weighted by atomic mass is 10.2. The van der Waals surface area contributed by atoms with Gasteiger partial charge in [0.2, 0.25) is 5.88 Å². The van der Waals surface area contributed by atoms with Crippen LogP contribution in [0, 0.1) is 0 Å². The number of ether oxygens (including phenoxy) is 1. The molecule has 3 aromatic rings. The van der Waals surface area contributed by atoms with E-state index in [2.05, 4.69) is 10.3 Å². The second-order valence-corrected chi connectivity index (χ2v) is 6.28. The zero-order valence-corrected chi connectivity index (χ0v) is 15.1. The van der Waals surface area contributed by atoms with Crippen molar-refractivity contribution in [1.82, 2.24) is 10.3 Å². The van der Waals surface area contributed by atoms with Gasteiger partial charge < -0.3 is 14.5 Å². The Morgan fingerprint density at radius 2 is 2.00 bits per heavy atom. The molecule has 0 saturated carbocycles. The lowest BCUT2D eigenvalue weighted by Crippen LogP contribution is -2.16. The van der Waals surface area contributed by atoms with Crippen LogP contribution in [-0.2, 0) is 6.54 Å². The minimum absolute atomic E-state index is 0.616. The Morgan fingerprint density at radius 3 is 2.84 bits per heavy atom. The normalized spacial score (nSPS) is 10.8. The number of aromatic nitrogens is 1. The van der Waals surface area contributed by atoms with Crippen molar-refractivity contribution in [3.05, 3.63) is 70.5 Å². The van der Waals surface area contributed by atoms with E-state index in [-0.39, 0.29) is 0 Å². The van der Waals surface area contributed by atoms with Gasteiger partial charge in [0.25, 0.3) is 0 Å². The molecule has 25 heavy (non-hydrogen) atoms. The fourth-order valence-electron chi connectivity index (χ4n) is 2.32. The average molecular weight is 377 g/mol. The molecule has 0 atom stereocenters. The highest BCUT2D eigenvalue weighted by Gasteiger charge is 2.09. The lowest BCUT2D eigenvalue weighted by molar-refractivity contribution is 0.296. The summed E-state index contributed by atoms with van der Waals surface area (Å²) < 4.78 is 11.4. The molecule has 0 aliphatic heterocycles. The molecular weight excluding hydrogens is 359 g/mol. The summed E-state index contributed by atoms with van der Waals surface area (Å²) in [7, 11) is 0. The van der Waals surface area contributed by atoms with Crippen LogP contribution in [0.3, 0.4) is 0 Å². The number of nitrogens with zero attached hydrogens (tertiary/aromatic N) is 1. The Balaban J connectivity index is 1.42. The molecule has 1 aromatic carbocycles. The van der Waals surface area contributed by atoms with E-state index in [0.717, 1.165) is 24.3 Å². The van der Waals surface area contributed by atoms with Crippen LogP contribution in [0.5, 0.6) is 5.88 Å². The van der Waals surface area contributed by atoms with Crippen molar-refractivity contribution in [2.24, 2.45) is 0 Å². The molecule has 0 fully saturated rings. The topological polar surface area (TPSA) is 47.3 Å². The number of rotatable bonds is 8. The first-order valence-corrected chi connectivity index (χ1v) is 8.76. The zero-order valence-electron chi connectivity index (χ0n) is 13.5. The molecule has 4 nitrogen and oxygen atoms in total. The van der Waals surface area contributed by atoms with Crippen LogP contribution < -0.4 is 10.1 Å². The molecule has 0 aliphatic carbocycles. The second kappa shape index (κ2) is 8.90. The van der Waals surface area contributed by atoms with E-state index in [1.807, 2.05) is 30.3 Å². The Hall–Kier alpha value is -2.01. The molecule has 1 N–H and O–H groups in total. The molecule has 0 saturated heterocycles. The summed E-state index contributed by atoms with van der Waals surface area (Å²) in [5.41, 5.74) is 0.796. The Labute approximate surface area is 156 Å². The van der Waals surface area contributed by atoms with E-state index >= 15 is 0 Å². The number of nitrogens with one attached hydrogen (secondary N) is 1. The van der Waals surface area contributed by atoms with Gasteiger partial charge >= 0.3 is 0 Å². The molecule has 0 spiro atoms. The highest BCUT2D eigenvalue weighted by Crippen LogP contribution is 2.31. The fourth-order valence-corrected chi connectivity index (χ4v) is 2.70. The SMILES string of the molecule is Clc1ccc(Cl)c(-c2ccc(CNCCCOc3ccccn3)o2)c1. The van der Waals surface area contributed by atoms with E-state index in [1.165, 1.54) is 0 Å². The first-order chi connectivity index (χ1) is 12.2. The van der Waals surface area contributed by atoms with Crippen molar-refractivity contribution in [3.63, 3.8) is 0 Å². The number of pyridine rings is 1. The van der Waals surface area contributed by atoms with Gasteiger partial charge in [0.1, 0.15) is 11.5 Å². The van der Waals surface area contributed by atoms with E-state index in [9.17, 15) is 0 Å². The lowest BCUT2D eigenvalue weighted by Gasteiger charge is -2.05. The van der Waals surface area contributed by atoms with Crippen LogP contribution in [0.4, 0.5) is 0 Å². The van der Waals surface area contributed by atoms with Gasteiger partial charge in [-0.3, -0.25) is 0 Å². The summed E-state index contributed by atoms with van der Waals surface area (Å²) >= 11 is 12.2. The molecule has 2 aromatic heterocycles. The molecule has 0 bridgehead atoms. The van der Waals surface area contributed by atoms with Crippen molar-refractivity contribution in [1.29, 1.82) is 0 Å². The first-order valence-electron chi connectivity index (χ1n) is 8.01. The summed E-state index contributed by atoms with van der Waals surface area (Å²) in [6, 6.07) is 14.8. The van der Waals surface area contributed by atoms with Gasteiger partial charge in [-0.15, -0.1) is 0 Å². The van der Waals surface area contributed by atoms with Crippen LogP contribution in [0.2, 0.25) is 10.0 Å². The van der Waals surface area contributed by atoms with Crippen LogP contribution in [0.15, 0.2) is 59.1 Å². The maximum atomic E-state index is 6.20. The van der Waals surface area contributed by atoms with E-state index in [1.54, 1.807) is 24.4 Å². The third kappa shape index (κ3) is 5.23. The standard InChI is InChI=1S/C19H18Cl2N2O2/c20-14-5-7-17(21)16(12-14)18-8-6-15(25-18)13-22-9-3-11-24-19-4-1-2-10-23-19/h1-2,4-8,10,12,22H,3,9,11,13H2. The molecule has 0 amide bonds. The second-order valence-electron chi connectivity index (χ2n) is 5.44. The quantitative estimate of drug-likeness (QED) is 0.548. The van der Waals surface area contributed by atoms with Crippen LogP contribution in [0.25, 0.3) is 11.3 Å². The summed E-state index contributed by atoms with van der Waals surface area (Å²) in [4.78, 5) is 4.11. The largest absolute Gasteiger partial charge is 0.478 e. The molecule has 0 unspecified atom stereocenters. The molecule has 2 heterocycles. The van der Waals surface area contributed by atoms with E-state index < -0.39 is 0 Å².